The molecule has 0 radical (unpaired) electrons. The molecule has 0 bridgehead atoms. The first-order valence-corrected chi connectivity index (χ1v) is 9.83. The molecule has 0 aliphatic carbocycles. The molecule has 1 aliphatic rings. The van der Waals surface area contributed by atoms with Gasteiger partial charge in [-0.2, -0.15) is 0 Å². The van der Waals surface area contributed by atoms with Crippen LogP contribution in [0.4, 0.5) is 0 Å². The molecule has 8 heteroatoms. The normalized spacial score (nSPS) is 20.3. The Morgan fingerprint density at radius 1 is 1.30 bits per heavy atom. The van der Waals surface area contributed by atoms with E-state index in [1.165, 1.54) is 0 Å². The van der Waals surface area contributed by atoms with Crippen molar-refractivity contribution < 1.29 is 8.42 Å². The van der Waals surface area contributed by atoms with Crippen LogP contribution in [0.5, 0.6) is 0 Å². The highest BCUT2D eigenvalue weighted by Gasteiger charge is 2.40. The Morgan fingerprint density at radius 2 is 1.96 bits per heavy atom. The van der Waals surface area contributed by atoms with Crippen LogP contribution < -0.4 is 5.32 Å². The Kier molecular flexibility index (Phi) is 9.99. The summed E-state index contributed by atoms with van der Waals surface area (Å²) < 4.78 is 23.4. The van der Waals surface area contributed by atoms with Crippen molar-refractivity contribution in [2.24, 2.45) is 4.99 Å². The Morgan fingerprint density at radius 3 is 2.43 bits per heavy atom. The largest absolute Gasteiger partial charge is 0.355 e. The van der Waals surface area contributed by atoms with Crippen LogP contribution >= 0.6 is 24.0 Å². The van der Waals surface area contributed by atoms with Crippen LogP contribution in [0.1, 0.15) is 34.1 Å². The van der Waals surface area contributed by atoms with Gasteiger partial charge >= 0.3 is 0 Å². The van der Waals surface area contributed by atoms with E-state index in [0.29, 0.717) is 13.1 Å². The minimum atomic E-state index is -3.01. The quantitative estimate of drug-likeness (QED) is 0.369. The molecule has 23 heavy (non-hydrogen) atoms. The summed E-state index contributed by atoms with van der Waals surface area (Å²) in [5, 5.41) is 3.37. The van der Waals surface area contributed by atoms with Crippen molar-refractivity contribution in [1.82, 2.24) is 15.1 Å². The first-order valence-electron chi connectivity index (χ1n) is 8.17. The van der Waals surface area contributed by atoms with Crippen LogP contribution in [-0.4, -0.2) is 81.0 Å². The van der Waals surface area contributed by atoms with Crippen LogP contribution in [0.3, 0.4) is 0 Å². The SMILES string of the molecule is CCCN(CC)CCNC(=NC)N1CCS(=O)(=O)C(C)(C)C1.I. The van der Waals surface area contributed by atoms with Gasteiger partial charge < -0.3 is 15.1 Å². The maximum absolute atomic E-state index is 12.1. The number of nitrogens with one attached hydrogen (secondary N) is 1. The molecule has 6 nitrogen and oxygen atoms in total. The molecule has 138 valence electrons. The zero-order chi connectivity index (χ0) is 16.8. The highest BCUT2D eigenvalue weighted by molar-refractivity contribution is 14.0. The number of hydrogen-bond donors (Lipinski definition) is 1. The molecule has 1 aliphatic heterocycles. The van der Waals surface area contributed by atoms with Crippen LogP contribution in [-0.2, 0) is 9.84 Å². The predicted molar refractivity (Wildman–Crippen MR) is 109 cm³/mol. The lowest BCUT2D eigenvalue weighted by molar-refractivity contribution is 0.289. The number of halogens is 1. The minimum absolute atomic E-state index is 0. The van der Waals surface area contributed by atoms with Crippen molar-refractivity contribution in [3.63, 3.8) is 0 Å². The van der Waals surface area contributed by atoms with Crippen molar-refractivity contribution in [2.45, 2.75) is 38.9 Å². The molecular weight excluding hydrogens is 427 g/mol. The van der Waals surface area contributed by atoms with Crippen molar-refractivity contribution >= 4 is 39.8 Å². The highest BCUT2D eigenvalue weighted by Crippen LogP contribution is 2.23. The van der Waals surface area contributed by atoms with Crippen LogP contribution in [0, 0.1) is 0 Å². The van der Waals surface area contributed by atoms with Gasteiger partial charge in [0.2, 0.25) is 0 Å². The van der Waals surface area contributed by atoms with Crippen molar-refractivity contribution in [3.05, 3.63) is 0 Å². The van der Waals surface area contributed by atoms with Crippen molar-refractivity contribution in [1.29, 1.82) is 0 Å². The average Bonchev–Trinajstić information content (AvgIpc) is 2.45. The minimum Gasteiger partial charge on any atom is -0.355 e. The molecule has 0 saturated carbocycles. The van der Waals surface area contributed by atoms with Crippen molar-refractivity contribution in [2.75, 3.05) is 52.1 Å². The number of likely N-dealkylation sites (N-methyl/N-ethyl adjacent to an activating group) is 1. The molecule has 1 fully saturated rings. The van der Waals surface area contributed by atoms with E-state index in [-0.39, 0.29) is 29.7 Å². The van der Waals surface area contributed by atoms with Gasteiger partial charge in [0, 0.05) is 33.2 Å². The Bertz CT molecular complexity index is 480. The smallest absolute Gasteiger partial charge is 0.193 e. The number of aliphatic imine (C=N–C) groups is 1. The fraction of sp³-hybridized carbons (Fsp3) is 0.933. The zero-order valence-corrected chi connectivity index (χ0v) is 18.3. The van der Waals surface area contributed by atoms with Crippen molar-refractivity contribution in [3.8, 4) is 0 Å². The summed E-state index contributed by atoms with van der Waals surface area (Å²) in [4.78, 5) is 8.76. The number of guanidine groups is 1. The Hall–Kier alpha value is -0.0900. The summed E-state index contributed by atoms with van der Waals surface area (Å²) in [6, 6.07) is 0. The van der Waals surface area contributed by atoms with E-state index in [2.05, 4.69) is 34.0 Å². The molecule has 1 N–H and O–H groups in total. The summed E-state index contributed by atoms with van der Waals surface area (Å²) in [7, 11) is -1.26. The third-order valence-corrected chi connectivity index (χ3v) is 6.79. The standard InChI is InChI=1S/C15H32N4O2S.HI/c1-6-9-18(7-2)10-8-17-14(16-5)19-11-12-22(20,21)15(3,4)13-19;/h6-13H2,1-5H3,(H,16,17);1H. The summed E-state index contributed by atoms with van der Waals surface area (Å²) in [5.41, 5.74) is 0. The third-order valence-electron chi connectivity index (χ3n) is 4.25. The van der Waals surface area contributed by atoms with E-state index in [0.717, 1.165) is 38.6 Å². The van der Waals surface area contributed by atoms with Crippen LogP contribution in [0.25, 0.3) is 0 Å². The lowest BCUT2D eigenvalue weighted by Gasteiger charge is -2.39. The second-order valence-electron chi connectivity index (χ2n) is 6.41. The van der Waals surface area contributed by atoms with Gasteiger partial charge in [0.15, 0.2) is 15.8 Å². The number of nitrogens with zero attached hydrogens (tertiary/aromatic N) is 3. The molecule has 0 amide bonds. The van der Waals surface area contributed by atoms with Gasteiger partial charge in [-0.25, -0.2) is 8.42 Å². The van der Waals surface area contributed by atoms with E-state index in [4.69, 9.17) is 0 Å². The maximum atomic E-state index is 12.1. The fourth-order valence-electron chi connectivity index (χ4n) is 2.73. The van der Waals surface area contributed by atoms with Crippen LogP contribution in [0.15, 0.2) is 4.99 Å². The van der Waals surface area contributed by atoms with Crippen LogP contribution in [0.2, 0.25) is 0 Å². The van der Waals surface area contributed by atoms with Gasteiger partial charge in [0.25, 0.3) is 0 Å². The molecule has 0 aromatic heterocycles. The second kappa shape index (κ2) is 10.0. The molecule has 1 heterocycles. The van der Waals surface area contributed by atoms with E-state index in [1.807, 2.05) is 0 Å². The lowest BCUT2D eigenvalue weighted by atomic mass is 10.2. The topological polar surface area (TPSA) is 65.0 Å². The Labute approximate surface area is 159 Å². The van der Waals surface area contributed by atoms with Gasteiger partial charge in [-0.1, -0.05) is 13.8 Å². The maximum Gasteiger partial charge on any atom is 0.193 e. The second-order valence-corrected chi connectivity index (χ2v) is 9.15. The predicted octanol–water partition coefficient (Wildman–Crippen LogP) is 1.42. The van der Waals surface area contributed by atoms with Gasteiger partial charge in [-0.15, -0.1) is 24.0 Å². The summed E-state index contributed by atoms with van der Waals surface area (Å²) >= 11 is 0. The summed E-state index contributed by atoms with van der Waals surface area (Å²) in [6.07, 6.45) is 1.15. The van der Waals surface area contributed by atoms with Gasteiger partial charge in [-0.05, 0) is 33.4 Å². The molecule has 0 aromatic rings. The molecule has 0 atom stereocenters. The van der Waals surface area contributed by atoms with Gasteiger partial charge in [0.1, 0.15) is 0 Å². The van der Waals surface area contributed by atoms with E-state index < -0.39 is 14.6 Å². The van der Waals surface area contributed by atoms with Gasteiger partial charge in [0.05, 0.1) is 10.5 Å². The first kappa shape index (κ1) is 22.9. The number of rotatable bonds is 6. The molecule has 0 aromatic carbocycles. The average molecular weight is 460 g/mol. The zero-order valence-electron chi connectivity index (χ0n) is 15.1. The molecule has 0 unspecified atom stereocenters. The highest BCUT2D eigenvalue weighted by atomic mass is 127. The summed E-state index contributed by atoms with van der Waals surface area (Å²) in [5.74, 6) is 0.993. The summed E-state index contributed by atoms with van der Waals surface area (Å²) in [6.45, 7) is 12.9. The molecule has 1 saturated heterocycles. The molecule has 0 spiro atoms. The third kappa shape index (κ3) is 6.38. The van der Waals surface area contributed by atoms with E-state index in [9.17, 15) is 8.42 Å². The molecule has 1 rings (SSSR count). The first-order chi connectivity index (χ1) is 10.3. The fourth-order valence-corrected chi connectivity index (χ4v) is 4.09. The van der Waals surface area contributed by atoms with E-state index >= 15 is 0 Å². The Balaban J connectivity index is 0.00000484. The lowest BCUT2D eigenvalue weighted by Crippen LogP contribution is -2.57. The van der Waals surface area contributed by atoms with E-state index in [1.54, 1.807) is 20.9 Å². The monoisotopic (exact) mass is 460 g/mol. The number of hydrogen-bond acceptors (Lipinski definition) is 4. The number of sulfone groups is 1. The molecular formula is C15H33IN4O2S. The van der Waals surface area contributed by atoms with Gasteiger partial charge in [-0.3, -0.25) is 4.99 Å².